The van der Waals surface area contributed by atoms with Crippen molar-refractivity contribution < 1.29 is 27.8 Å². The Hall–Kier alpha value is -2.03. The van der Waals surface area contributed by atoms with Gasteiger partial charge < -0.3 is 14.8 Å². The summed E-state index contributed by atoms with van der Waals surface area (Å²) in [5.41, 5.74) is 2.32. The Labute approximate surface area is 181 Å². The monoisotopic (exact) mass is 441 g/mol. The molecule has 7 nitrogen and oxygen atoms in total. The number of aryl methyl sites for hydroxylation is 2. The van der Waals surface area contributed by atoms with Gasteiger partial charge >= 0.3 is 5.97 Å². The van der Waals surface area contributed by atoms with E-state index in [2.05, 4.69) is 10.4 Å². The van der Waals surface area contributed by atoms with Crippen molar-refractivity contribution in [3.8, 4) is 0 Å². The number of hydrogen-bond acceptors (Lipinski definition) is 5. The Morgan fingerprint density at radius 2 is 2.03 bits per heavy atom. The van der Waals surface area contributed by atoms with Crippen LogP contribution in [0, 0.1) is 5.92 Å². The highest BCUT2D eigenvalue weighted by Crippen LogP contribution is 2.36. The van der Waals surface area contributed by atoms with Gasteiger partial charge in [0.1, 0.15) is 0 Å². The lowest BCUT2D eigenvalue weighted by Gasteiger charge is -2.26. The zero-order chi connectivity index (χ0) is 22.3. The van der Waals surface area contributed by atoms with E-state index in [0.29, 0.717) is 51.1 Å². The highest BCUT2D eigenvalue weighted by atomic mass is 19.3. The number of rotatable bonds is 6. The molecule has 9 heteroatoms. The summed E-state index contributed by atoms with van der Waals surface area (Å²) in [7, 11) is 0. The Balaban J connectivity index is 1.57. The van der Waals surface area contributed by atoms with E-state index in [-0.39, 0.29) is 44.2 Å². The lowest BCUT2D eigenvalue weighted by molar-refractivity contribution is -0.152. The number of hydrogen-bond donors (Lipinski definition) is 1. The number of esters is 1. The van der Waals surface area contributed by atoms with Gasteiger partial charge in [0, 0.05) is 45.6 Å². The number of carbonyl (C=O) groups is 2. The number of fused-ring (bicyclic) bond motifs is 1. The van der Waals surface area contributed by atoms with Crippen LogP contribution >= 0.6 is 0 Å². The zero-order valence-corrected chi connectivity index (χ0v) is 18.3. The lowest BCUT2D eigenvalue weighted by atomic mass is 9.87. The molecule has 0 bridgehead atoms. The van der Waals surface area contributed by atoms with E-state index in [1.807, 2.05) is 11.6 Å². The molecule has 1 N–H and O–H groups in total. The predicted molar refractivity (Wildman–Crippen MR) is 110 cm³/mol. The van der Waals surface area contributed by atoms with Crippen molar-refractivity contribution in [2.45, 2.75) is 77.2 Å². The Kier molecular flexibility index (Phi) is 8.40. The first-order chi connectivity index (χ1) is 14.9. The van der Waals surface area contributed by atoms with Crippen LogP contribution in [0.3, 0.4) is 0 Å². The molecule has 2 heterocycles. The second kappa shape index (κ2) is 11.0. The normalized spacial score (nSPS) is 20.4. The molecular weight excluding hydrogens is 408 g/mol. The van der Waals surface area contributed by atoms with Crippen molar-refractivity contribution in [2.24, 2.45) is 5.92 Å². The zero-order valence-electron chi connectivity index (χ0n) is 18.3. The summed E-state index contributed by atoms with van der Waals surface area (Å²) in [4.78, 5) is 24.9. The van der Waals surface area contributed by atoms with Crippen LogP contribution in [0.25, 0.3) is 0 Å². The second-order valence-corrected chi connectivity index (χ2v) is 8.32. The highest BCUT2D eigenvalue weighted by molar-refractivity contribution is 5.96. The minimum absolute atomic E-state index is 0.0967. The number of ether oxygens (including phenoxy) is 2. The molecule has 1 aliphatic carbocycles. The molecule has 0 aromatic carbocycles. The molecule has 0 unspecified atom stereocenters. The highest BCUT2D eigenvalue weighted by Gasteiger charge is 2.38. The SMILES string of the molecule is CCc1nn(CCCOC(=O)C2CCC(F)(F)CC2)c2c1C(=O)NCCCOCCC2. The minimum Gasteiger partial charge on any atom is -0.465 e. The Morgan fingerprint density at radius 1 is 1.29 bits per heavy atom. The van der Waals surface area contributed by atoms with Crippen LogP contribution in [0.2, 0.25) is 0 Å². The second-order valence-electron chi connectivity index (χ2n) is 8.32. The summed E-state index contributed by atoms with van der Waals surface area (Å²) >= 11 is 0. The number of alkyl halides is 2. The van der Waals surface area contributed by atoms with Crippen molar-refractivity contribution in [3.63, 3.8) is 0 Å². The molecule has 3 rings (SSSR count). The summed E-state index contributed by atoms with van der Waals surface area (Å²) in [6.07, 6.45) is 3.31. The topological polar surface area (TPSA) is 82.5 Å². The van der Waals surface area contributed by atoms with Crippen LogP contribution in [0.15, 0.2) is 0 Å². The number of carbonyl (C=O) groups excluding carboxylic acids is 2. The third-order valence-corrected chi connectivity index (χ3v) is 5.95. The number of amides is 1. The fourth-order valence-corrected chi connectivity index (χ4v) is 4.19. The van der Waals surface area contributed by atoms with Crippen molar-refractivity contribution >= 4 is 11.9 Å². The van der Waals surface area contributed by atoms with E-state index in [1.54, 1.807) is 0 Å². The number of aromatic nitrogens is 2. The van der Waals surface area contributed by atoms with Gasteiger partial charge in [-0.1, -0.05) is 6.92 Å². The van der Waals surface area contributed by atoms with E-state index < -0.39 is 11.8 Å². The molecule has 1 fully saturated rings. The van der Waals surface area contributed by atoms with Gasteiger partial charge in [0.25, 0.3) is 5.91 Å². The summed E-state index contributed by atoms with van der Waals surface area (Å²) in [5, 5.41) is 7.60. The molecule has 174 valence electrons. The first-order valence-corrected chi connectivity index (χ1v) is 11.4. The first-order valence-electron chi connectivity index (χ1n) is 11.4. The summed E-state index contributed by atoms with van der Waals surface area (Å²) < 4.78 is 39.3. The quantitative estimate of drug-likeness (QED) is 0.541. The maximum Gasteiger partial charge on any atom is 0.308 e. The van der Waals surface area contributed by atoms with E-state index in [4.69, 9.17) is 9.47 Å². The molecule has 1 aromatic heterocycles. The predicted octanol–water partition coefficient (Wildman–Crippen LogP) is 3.29. The molecule has 0 saturated heterocycles. The molecule has 1 amide bonds. The molecular formula is C22H33F2N3O4. The smallest absolute Gasteiger partial charge is 0.308 e. The van der Waals surface area contributed by atoms with Crippen molar-refractivity contribution in [1.82, 2.24) is 15.1 Å². The molecule has 0 radical (unpaired) electrons. The van der Waals surface area contributed by atoms with E-state index in [1.165, 1.54) is 0 Å². The average Bonchev–Trinajstić information content (AvgIpc) is 3.08. The van der Waals surface area contributed by atoms with Crippen LogP contribution in [-0.4, -0.2) is 53.9 Å². The molecule has 0 atom stereocenters. The molecule has 1 saturated carbocycles. The van der Waals surface area contributed by atoms with Crippen LogP contribution in [0.1, 0.15) is 73.6 Å². The molecule has 31 heavy (non-hydrogen) atoms. The first kappa shape index (κ1) is 23.6. The summed E-state index contributed by atoms with van der Waals surface area (Å²) in [5.74, 6) is -3.57. The minimum atomic E-state index is -2.65. The third kappa shape index (κ3) is 6.48. The third-order valence-electron chi connectivity index (χ3n) is 5.95. The summed E-state index contributed by atoms with van der Waals surface area (Å²) in [6, 6.07) is 0. The van der Waals surface area contributed by atoms with Gasteiger partial charge in [-0.05, 0) is 38.5 Å². The van der Waals surface area contributed by atoms with Gasteiger partial charge in [0.15, 0.2) is 0 Å². The fourth-order valence-electron chi connectivity index (χ4n) is 4.19. The van der Waals surface area contributed by atoms with Crippen LogP contribution < -0.4 is 5.32 Å². The molecule has 1 aromatic rings. The summed E-state index contributed by atoms with van der Waals surface area (Å²) in [6.45, 7) is 4.54. The van der Waals surface area contributed by atoms with Gasteiger partial charge in [0.05, 0.1) is 29.5 Å². The molecule has 2 aliphatic rings. The average molecular weight is 442 g/mol. The van der Waals surface area contributed by atoms with Crippen molar-refractivity contribution in [3.05, 3.63) is 17.0 Å². The van der Waals surface area contributed by atoms with Crippen LogP contribution in [0.5, 0.6) is 0 Å². The Bertz CT molecular complexity index is 756. The fraction of sp³-hybridized carbons (Fsp3) is 0.773. The van der Waals surface area contributed by atoms with Crippen LogP contribution in [-0.2, 0) is 33.7 Å². The van der Waals surface area contributed by atoms with E-state index in [0.717, 1.165) is 24.2 Å². The Morgan fingerprint density at radius 3 is 2.77 bits per heavy atom. The molecule has 0 spiro atoms. The molecule has 1 aliphatic heterocycles. The van der Waals surface area contributed by atoms with Gasteiger partial charge in [-0.2, -0.15) is 5.10 Å². The maximum absolute atomic E-state index is 13.3. The maximum atomic E-state index is 13.3. The van der Waals surface area contributed by atoms with E-state index >= 15 is 0 Å². The standard InChI is InChI=1S/C22H33F2N3O4/c1-2-17-19-18(6-3-13-30-14-4-11-25-20(19)28)27(26-17)12-5-15-31-21(29)16-7-9-22(23,24)10-8-16/h16H,2-15H2,1H3,(H,25,28). The largest absolute Gasteiger partial charge is 0.465 e. The number of nitrogens with one attached hydrogen (secondary N) is 1. The van der Waals surface area contributed by atoms with Crippen molar-refractivity contribution in [2.75, 3.05) is 26.4 Å². The van der Waals surface area contributed by atoms with Gasteiger partial charge in [0.2, 0.25) is 5.92 Å². The van der Waals surface area contributed by atoms with Crippen LogP contribution in [0.4, 0.5) is 8.78 Å². The van der Waals surface area contributed by atoms with Gasteiger partial charge in [-0.25, -0.2) is 8.78 Å². The number of nitrogens with zero attached hydrogens (tertiary/aromatic N) is 2. The van der Waals surface area contributed by atoms with Gasteiger partial charge in [-0.3, -0.25) is 14.3 Å². The lowest BCUT2D eigenvalue weighted by Crippen LogP contribution is -2.30. The van der Waals surface area contributed by atoms with E-state index in [9.17, 15) is 18.4 Å². The number of halogens is 2. The van der Waals surface area contributed by atoms with Gasteiger partial charge in [-0.15, -0.1) is 0 Å². The van der Waals surface area contributed by atoms with Crippen molar-refractivity contribution in [1.29, 1.82) is 0 Å².